The number of ether oxygens (including phenoxy) is 1. The maximum absolute atomic E-state index is 12.8. The molecule has 2 unspecified atom stereocenters. The van der Waals surface area contributed by atoms with Gasteiger partial charge in [-0.25, -0.2) is 0 Å². The second kappa shape index (κ2) is 11.3. The third-order valence-electron chi connectivity index (χ3n) is 6.34. The highest BCUT2D eigenvalue weighted by atomic mass is 16.5. The number of carbonyl (C=O) groups excluding carboxylic acids is 3. The van der Waals surface area contributed by atoms with E-state index in [1.165, 1.54) is 5.57 Å². The van der Waals surface area contributed by atoms with E-state index in [-0.39, 0.29) is 24.5 Å². The molecule has 1 fully saturated rings. The summed E-state index contributed by atoms with van der Waals surface area (Å²) < 4.78 is 6.10. The Labute approximate surface area is 197 Å². The summed E-state index contributed by atoms with van der Waals surface area (Å²) in [5, 5.41) is 2.36. The molecule has 33 heavy (non-hydrogen) atoms. The first-order chi connectivity index (χ1) is 16.0. The predicted molar refractivity (Wildman–Crippen MR) is 128 cm³/mol. The highest BCUT2D eigenvalue weighted by Crippen LogP contribution is 2.52. The van der Waals surface area contributed by atoms with Crippen molar-refractivity contribution in [2.75, 3.05) is 19.7 Å². The first-order valence-electron chi connectivity index (χ1n) is 12.3. The minimum atomic E-state index is -0.440. The van der Waals surface area contributed by atoms with E-state index in [4.69, 9.17) is 4.74 Å². The van der Waals surface area contributed by atoms with E-state index in [1.807, 2.05) is 24.0 Å². The van der Waals surface area contributed by atoms with Gasteiger partial charge in [-0.1, -0.05) is 39.3 Å². The van der Waals surface area contributed by atoms with Gasteiger partial charge in [0.25, 0.3) is 5.91 Å². The summed E-state index contributed by atoms with van der Waals surface area (Å²) in [6.07, 6.45) is 5.78. The van der Waals surface area contributed by atoms with Crippen LogP contribution >= 0.6 is 0 Å². The molecule has 0 saturated heterocycles. The highest BCUT2D eigenvalue weighted by molar-refractivity contribution is 5.92. The lowest BCUT2D eigenvalue weighted by Gasteiger charge is -2.33. The number of carbonyl (C=O) groups is 3. The van der Waals surface area contributed by atoms with E-state index >= 15 is 0 Å². The SMILES string of the molecule is CCCC(C(=O)NC=O)N1C(=C2CC2)c2cccc(OCC(=O)N(CCC)CCC)c2C1C. The van der Waals surface area contributed by atoms with Gasteiger partial charge in [0.2, 0.25) is 12.3 Å². The summed E-state index contributed by atoms with van der Waals surface area (Å²) in [4.78, 5) is 40.6. The number of fused-ring (bicyclic) bond motifs is 1. The van der Waals surface area contributed by atoms with Crippen molar-refractivity contribution < 1.29 is 19.1 Å². The van der Waals surface area contributed by atoms with Gasteiger partial charge in [0.1, 0.15) is 11.8 Å². The molecule has 2 aliphatic rings. The fraction of sp³-hybridized carbons (Fsp3) is 0.577. The molecular weight excluding hydrogens is 418 g/mol. The molecule has 0 spiro atoms. The lowest BCUT2D eigenvalue weighted by atomic mass is 10.0. The number of allylic oxidation sites excluding steroid dienone is 1. The van der Waals surface area contributed by atoms with Crippen molar-refractivity contribution in [3.63, 3.8) is 0 Å². The van der Waals surface area contributed by atoms with Crippen LogP contribution < -0.4 is 10.1 Å². The largest absolute Gasteiger partial charge is 0.483 e. The fourth-order valence-corrected chi connectivity index (χ4v) is 4.83. The average molecular weight is 456 g/mol. The Morgan fingerprint density at radius 1 is 1.18 bits per heavy atom. The third-order valence-corrected chi connectivity index (χ3v) is 6.34. The molecular formula is C26H37N3O4. The molecule has 1 saturated carbocycles. The molecule has 1 aromatic rings. The van der Waals surface area contributed by atoms with Crippen LogP contribution in [0.3, 0.4) is 0 Å². The minimum absolute atomic E-state index is 0.000898. The lowest BCUT2D eigenvalue weighted by molar-refractivity contribution is -0.133. The summed E-state index contributed by atoms with van der Waals surface area (Å²) in [6.45, 7) is 9.70. The zero-order chi connectivity index (χ0) is 24.0. The van der Waals surface area contributed by atoms with Crippen molar-refractivity contribution in [2.45, 2.75) is 78.3 Å². The smallest absolute Gasteiger partial charge is 0.260 e. The maximum Gasteiger partial charge on any atom is 0.260 e. The van der Waals surface area contributed by atoms with Gasteiger partial charge in [0.15, 0.2) is 6.61 Å². The Balaban J connectivity index is 1.90. The van der Waals surface area contributed by atoms with Crippen LogP contribution in [0.1, 0.15) is 83.4 Å². The van der Waals surface area contributed by atoms with E-state index in [0.29, 0.717) is 18.6 Å². The van der Waals surface area contributed by atoms with Crippen LogP contribution in [0.4, 0.5) is 0 Å². The quantitative estimate of drug-likeness (QED) is 0.481. The van der Waals surface area contributed by atoms with Crippen molar-refractivity contribution in [2.24, 2.45) is 0 Å². The number of amides is 3. The third kappa shape index (κ3) is 5.40. The number of nitrogens with one attached hydrogen (secondary N) is 1. The van der Waals surface area contributed by atoms with Gasteiger partial charge in [-0.3, -0.25) is 19.7 Å². The molecule has 1 aromatic carbocycles. The lowest BCUT2D eigenvalue weighted by Crippen LogP contribution is -2.45. The number of hydrogen-bond acceptors (Lipinski definition) is 5. The van der Waals surface area contributed by atoms with E-state index in [1.54, 1.807) is 0 Å². The topological polar surface area (TPSA) is 79.0 Å². The molecule has 3 rings (SSSR count). The molecule has 0 bridgehead atoms. The molecule has 1 heterocycles. The van der Waals surface area contributed by atoms with E-state index < -0.39 is 6.04 Å². The van der Waals surface area contributed by atoms with Gasteiger partial charge in [-0.05, 0) is 50.7 Å². The first kappa shape index (κ1) is 24.8. The number of benzene rings is 1. The second-order valence-electron chi connectivity index (χ2n) is 8.85. The summed E-state index contributed by atoms with van der Waals surface area (Å²) in [6, 6.07) is 5.39. The van der Waals surface area contributed by atoms with Crippen molar-refractivity contribution in [1.82, 2.24) is 15.1 Å². The molecule has 1 aliphatic carbocycles. The molecule has 7 heteroatoms. The Morgan fingerprint density at radius 2 is 1.88 bits per heavy atom. The van der Waals surface area contributed by atoms with Crippen LogP contribution in [0.25, 0.3) is 5.70 Å². The van der Waals surface area contributed by atoms with Gasteiger partial charge < -0.3 is 14.5 Å². The standard InChI is InChI=1S/C26H37N3O4/c1-5-9-21(26(32)27-17-30)29-18(4)24-20(25(29)19-12-13-19)10-8-11-22(24)33-16-23(31)28(14-6-2)15-7-3/h8,10-11,17-18,21H,5-7,9,12-16H2,1-4H3,(H,27,30,32). The molecule has 1 N–H and O–H groups in total. The normalized spacial score (nSPS) is 17.5. The number of hydrogen-bond donors (Lipinski definition) is 1. The van der Waals surface area contributed by atoms with Crippen LogP contribution in [-0.4, -0.2) is 53.8 Å². The van der Waals surface area contributed by atoms with Crippen molar-refractivity contribution in [3.05, 3.63) is 34.9 Å². The molecule has 1 aliphatic heterocycles. The summed E-state index contributed by atoms with van der Waals surface area (Å²) in [5.41, 5.74) is 4.49. The van der Waals surface area contributed by atoms with E-state index in [0.717, 1.165) is 62.0 Å². The maximum atomic E-state index is 12.8. The number of nitrogens with zero attached hydrogens (tertiary/aromatic N) is 2. The molecule has 2 atom stereocenters. The summed E-state index contributed by atoms with van der Waals surface area (Å²) in [7, 11) is 0. The van der Waals surface area contributed by atoms with Crippen LogP contribution in [0.2, 0.25) is 0 Å². The van der Waals surface area contributed by atoms with Gasteiger partial charge >= 0.3 is 0 Å². The van der Waals surface area contributed by atoms with Crippen LogP contribution in [0, 0.1) is 0 Å². The first-order valence-corrected chi connectivity index (χ1v) is 12.3. The van der Waals surface area contributed by atoms with E-state index in [9.17, 15) is 14.4 Å². The Hall–Kier alpha value is -2.83. The van der Waals surface area contributed by atoms with Gasteiger partial charge in [0, 0.05) is 29.9 Å². The molecule has 7 nitrogen and oxygen atoms in total. The minimum Gasteiger partial charge on any atom is -0.483 e. The van der Waals surface area contributed by atoms with Crippen molar-refractivity contribution >= 4 is 23.9 Å². The van der Waals surface area contributed by atoms with Crippen molar-refractivity contribution in [3.8, 4) is 5.75 Å². The molecule has 0 radical (unpaired) electrons. The zero-order valence-corrected chi connectivity index (χ0v) is 20.4. The van der Waals surface area contributed by atoms with Crippen LogP contribution in [0.15, 0.2) is 23.8 Å². The van der Waals surface area contributed by atoms with Crippen LogP contribution in [0.5, 0.6) is 5.75 Å². The summed E-state index contributed by atoms with van der Waals surface area (Å²) >= 11 is 0. The Kier molecular flexibility index (Phi) is 8.53. The Morgan fingerprint density at radius 3 is 2.45 bits per heavy atom. The van der Waals surface area contributed by atoms with Gasteiger partial charge in [-0.15, -0.1) is 0 Å². The number of imide groups is 1. The molecule has 180 valence electrons. The predicted octanol–water partition coefficient (Wildman–Crippen LogP) is 4.04. The second-order valence-corrected chi connectivity index (χ2v) is 8.85. The molecule has 0 aromatic heterocycles. The highest BCUT2D eigenvalue weighted by Gasteiger charge is 2.42. The summed E-state index contributed by atoms with van der Waals surface area (Å²) in [5.74, 6) is 0.403. The number of rotatable bonds is 12. The Bertz CT molecular complexity index is 899. The fourth-order valence-electron chi connectivity index (χ4n) is 4.83. The zero-order valence-electron chi connectivity index (χ0n) is 20.4. The monoisotopic (exact) mass is 455 g/mol. The van der Waals surface area contributed by atoms with Crippen LogP contribution in [-0.2, 0) is 14.4 Å². The average Bonchev–Trinajstić information content (AvgIpc) is 3.60. The van der Waals surface area contributed by atoms with Gasteiger partial charge in [0.05, 0.1) is 6.04 Å². The van der Waals surface area contributed by atoms with Gasteiger partial charge in [-0.2, -0.15) is 0 Å². The van der Waals surface area contributed by atoms with E-state index in [2.05, 4.69) is 37.1 Å². The van der Waals surface area contributed by atoms with Crippen molar-refractivity contribution in [1.29, 1.82) is 0 Å². The molecule has 3 amide bonds.